The number of anilines is 1. The Bertz CT molecular complexity index is 905. The van der Waals surface area contributed by atoms with E-state index < -0.39 is 0 Å². The van der Waals surface area contributed by atoms with E-state index in [0.717, 1.165) is 11.3 Å². The maximum atomic E-state index is 12.8. The monoisotopic (exact) mass is 380 g/mol. The van der Waals surface area contributed by atoms with Crippen molar-refractivity contribution < 1.29 is 19.0 Å². The molecule has 1 N–H and O–H groups in total. The predicted molar refractivity (Wildman–Crippen MR) is 108 cm³/mol. The summed E-state index contributed by atoms with van der Waals surface area (Å²) in [5.41, 5.74) is 1.63. The lowest BCUT2D eigenvalue weighted by Crippen LogP contribution is -2.20. The molecule has 0 bridgehead atoms. The van der Waals surface area contributed by atoms with Crippen LogP contribution >= 0.6 is 0 Å². The third-order valence-corrected chi connectivity index (χ3v) is 4.55. The van der Waals surface area contributed by atoms with Gasteiger partial charge in [-0.2, -0.15) is 0 Å². The molecule has 0 unspecified atom stereocenters. The van der Waals surface area contributed by atoms with Gasteiger partial charge in [-0.05, 0) is 42.0 Å². The first kappa shape index (κ1) is 19.4. The molecule has 3 aromatic rings. The Morgan fingerprint density at radius 2 is 1.57 bits per heavy atom. The van der Waals surface area contributed by atoms with Crippen molar-refractivity contribution in [1.29, 1.82) is 0 Å². The Hall–Kier alpha value is -3.41. The Morgan fingerprint density at radius 3 is 2.18 bits per heavy atom. The topological polar surface area (TPSA) is 61.7 Å². The average molecular weight is 380 g/mol. The molecule has 0 saturated heterocycles. The maximum absolute atomic E-state index is 12.8. The van der Waals surface area contributed by atoms with Gasteiger partial charge in [0.15, 0.2) is 0 Å². The molecule has 28 heavy (non-hydrogen) atoms. The minimum Gasteiger partial charge on any atom is -0.497 e. The van der Waals surface area contributed by atoms with Crippen LogP contribution < -0.4 is 19.5 Å². The second-order valence-corrected chi connectivity index (χ2v) is 6.24. The van der Waals surface area contributed by atoms with Crippen LogP contribution in [0.25, 0.3) is 0 Å². The van der Waals surface area contributed by atoms with Gasteiger partial charge in [-0.25, -0.2) is 0 Å². The highest BCUT2D eigenvalue weighted by Gasteiger charge is 2.19. The Labute approximate surface area is 164 Å². The third-order valence-electron chi connectivity index (χ3n) is 4.55. The van der Waals surface area contributed by atoms with Crippen molar-refractivity contribution in [3.63, 3.8) is 0 Å². The van der Waals surface area contributed by atoms with Gasteiger partial charge in [-0.3, -0.25) is 4.79 Å². The summed E-state index contributed by atoms with van der Waals surface area (Å²) >= 11 is 0. The normalized spacial score (nSPS) is 11.5. The van der Waals surface area contributed by atoms with E-state index in [0.29, 0.717) is 17.2 Å². The Morgan fingerprint density at radius 1 is 0.929 bits per heavy atom. The highest BCUT2D eigenvalue weighted by Crippen LogP contribution is 2.30. The van der Waals surface area contributed by atoms with E-state index in [9.17, 15) is 4.79 Å². The van der Waals surface area contributed by atoms with E-state index in [-0.39, 0.29) is 18.4 Å². The molecule has 0 radical (unpaired) electrons. The fourth-order valence-corrected chi connectivity index (χ4v) is 3.06. The molecule has 3 rings (SSSR count). The first-order chi connectivity index (χ1) is 13.6. The molecule has 6 heteroatoms. The molecule has 1 amide bonds. The molecule has 1 heterocycles. The summed E-state index contributed by atoms with van der Waals surface area (Å²) < 4.78 is 17.8. The van der Waals surface area contributed by atoms with Crippen molar-refractivity contribution in [3.05, 3.63) is 72.6 Å². The average Bonchev–Trinajstić information content (AvgIpc) is 3.27. The van der Waals surface area contributed by atoms with Crippen LogP contribution in [0.15, 0.2) is 67.0 Å². The van der Waals surface area contributed by atoms with Gasteiger partial charge in [0.05, 0.1) is 39.5 Å². The van der Waals surface area contributed by atoms with Gasteiger partial charge >= 0.3 is 0 Å². The summed E-state index contributed by atoms with van der Waals surface area (Å²) in [7, 11) is 4.78. The number of methoxy groups -OCH3 is 3. The molecule has 2 aromatic carbocycles. The van der Waals surface area contributed by atoms with Crippen LogP contribution in [0.1, 0.15) is 18.0 Å². The van der Waals surface area contributed by atoms with Crippen molar-refractivity contribution in [3.8, 4) is 17.2 Å². The minimum absolute atomic E-state index is 0.113. The number of hydrogen-bond donors (Lipinski definition) is 1. The van der Waals surface area contributed by atoms with Gasteiger partial charge < -0.3 is 24.1 Å². The third kappa shape index (κ3) is 4.46. The molecule has 0 spiro atoms. The van der Waals surface area contributed by atoms with E-state index in [2.05, 4.69) is 5.32 Å². The standard InChI is InChI=1S/C22H24N2O4/c1-26-17-8-6-16(7-9-17)20(24-12-4-5-13-24)15-22(25)23-19-11-10-18(27-2)14-21(19)28-3/h4-14,20H,15H2,1-3H3,(H,23,25)/t20-/m0/s1. The van der Waals surface area contributed by atoms with Crippen LogP contribution in [0.5, 0.6) is 17.2 Å². The molecule has 0 aliphatic carbocycles. The van der Waals surface area contributed by atoms with Crippen LogP contribution in [-0.2, 0) is 4.79 Å². The fourth-order valence-electron chi connectivity index (χ4n) is 3.06. The Balaban J connectivity index is 1.80. The van der Waals surface area contributed by atoms with Crippen molar-refractivity contribution in [2.75, 3.05) is 26.6 Å². The number of carbonyl (C=O) groups is 1. The number of amides is 1. The molecule has 0 fully saturated rings. The zero-order valence-electron chi connectivity index (χ0n) is 16.2. The summed E-state index contributed by atoms with van der Waals surface area (Å²) in [5, 5.41) is 2.94. The summed E-state index contributed by atoms with van der Waals surface area (Å²) in [4.78, 5) is 12.8. The van der Waals surface area contributed by atoms with Gasteiger partial charge in [-0.1, -0.05) is 12.1 Å². The zero-order chi connectivity index (χ0) is 19.9. The molecule has 6 nitrogen and oxygen atoms in total. The molecular formula is C22H24N2O4. The molecular weight excluding hydrogens is 356 g/mol. The second-order valence-electron chi connectivity index (χ2n) is 6.24. The lowest BCUT2D eigenvalue weighted by molar-refractivity contribution is -0.116. The number of carbonyl (C=O) groups excluding carboxylic acids is 1. The van der Waals surface area contributed by atoms with Crippen molar-refractivity contribution in [2.45, 2.75) is 12.5 Å². The van der Waals surface area contributed by atoms with E-state index >= 15 is 0 Å². The number of hydrogen-bond acceptors (Lipinski definition) is 4. The SMILES string of the molecule is COc1ccc([C@H](CC(=O)Nc2ccc(OC)cc2OC)n2cccc2)cc1. The fraction of sp³-hybridized carbons (Fsp3) is 0.227. The number of aromatic nitrogens is 1. The highest BCUT2D eigenvalue weighted by molar-refractivity contribution is 5.93. The minimum atomic E-state index is -0.134. The van der Waals surface area contributed by atoms with Crippen molar-refractivity contribution >= 4 is 11.6 Å². The quantitative estimate of drug-likeness (QED) is 0.638. The van der Waals surface area contributed by atoms with Gasteiger partial charge in [0.2, 0.25) is 5.91 Å². The number of nitrogens with zero attached hydrogens (tertiary/aromatic N) is 1. The van der Waals surface area contributed by atoms with Gasteiger partial charge in [-0.15, -0.1) is 0 Å². The summed E-state index contributed by atoms with van der Waals surface area (Å²) in [6, 6.07) is 16.8. The number of ether oxygens (including phenoxy) is 3. The first-order valence-corrected chi connectivity index (χ1v) is 8.93. The van der Waals surface area contributed by atoms with Gasteiger partial charge in [0, 0.05) is 18.5 Å². The van der Waals surface area contributed by atoms with Crippen molar-refractivity contribution in [1.82, 2.24) is 4.57 Å². The van der Waals surface area contributed by atoms with Crippen molar-refractivity contribution in [2.24, 2.45) is 0 Å². The molecule has 146 valence electrons. The van der Waals surface area contributed by atoms with E-state index in [1.54, 1.807) is 39.5 Å². The number of nitrogens with one attached hydrogen (secondary N) is 1. The molecule has 1 atom stereocenters. The van der Waals surface area contributed by atoms with E-state index in [1.165, 1.54) is 0 Å². The second kappa shape index (κ2) is 8.99. The predicted octanol–water partition coefficient (Wildman–Crippen LogP) is 4.13. The van der Waals surface area contributed by atoms with Crippen LogP contribution in [0.4, 0.5) is 5.69 Å². The lowest BCUT2D eigenvalue weighted by atomic mass is 10.0. The molecule has 0 saturated carbocycles. The van der Waals surface area contributed by atoms with Crippen LogP contribution in [0, 0.1) is 0 Å². The summed E-state index contributed by atoms with van der Waals surface area (Å²) in [5.74, 6) is 1.88. The molecule has 0 aliphatic rings. The van der Waals surface area contributed by atoms with Crippen LogP contribution in [-0.4, -0.2) is 31.8 Å². The van der Waals surface area contributed by atoms with E-state index in [1.807, 2.05) is 53.4 Å². The first-order valence-electron chi connectivity index (χ1n) is 8.93. The summed E-state index contributed by atoms with van der Waals surface area (Å²) in [6.45, 7) is 0. The summed E-state index contributed by atoms with van der Waals surface area (Å²) in [6.07, 6.45) is 4.18. The largest absolute Gasteiger partial charge is 0.497 e. The van der Waals surface area contributed by atoms with Gasteiger partial charge in [0.1, 0.15) is 17.2 Å². The molecule has 0 aliphatic heterocycles. The highest BCUT2D eigenvalue weighted by atomic mass is 16.5. The van der Waals surface area contributed by atoms with E-state index in [4.69, 9.17) is 14.2 Å². The van der Waals surface area contributed by atoms with Crippen LogP contribution in [0.3, 0.4) is 0 Å². The Kier molecular flexibility index (Phi) is 6.22. The zero-order valence-corrected chi connectivity index (χ0v) is 16.2. The maximum Gasteiger partial charge on any atom is 0.226 e. The number of rotatable bonds is 8. The smallest absolute Gasteiger partial charge is 0.226 e. The van der Waals surface area contributed by atoms with Gasteiger partial charge in [0.25, 0.3) is 0 Å². The number of benzene rings is 2. The lowest BCUT2D eigenvalue weighted by Gasteiger charge is -2.20. The van der Waals surface area contributed by atoms with Crippen LogP contribution in [0.2, 0.25) is 0 Å². The molecule has 1 aromatic heterocycles.